The molecule has 5 nitrogen and oxygen atoms in total. The van der Waals surface area contributed by atoms with E-state index in [0.29, 0.717) is 12.1 Å². The fourth-order valence-electron chi connectivity index (χ4n) is 2.11. The lowest BCUT2D eigenvalue weighted by Crippen LogP contribution is -2.43. The Balaban J connectivity index is 0.000000547. The van der Waals surface area contributed by atoms with Gasteiger partial charge in [-0.15, -0.1) is 0 Å². The number of nitrogens with zero attached hydrogens (tertiary/aromatic N) is 3. The molecule has 1 heterocycles. The first-order valence-electron chi connectivity index (χ1n) is 8.00. The third-order valence-corrected chi connectivity index (χ3v) is 3.58. The molecular weight excluding hydrogens is 357 g/mol. The van der Waals surface area contributed by atoms with E-state index in [9.17, 15) is 18.0 Å². The summed E-state index contributed by atoms with van der Waals surface area (Å²) < 4.78 is 36.4. The maximum absolute atomic E-state index is 12.1. The SMILES string of the molecule is CCN(C(C)C)C(C)C.C[C@H](NC(=O)c1cnc(Cl)cn1)C(F)(F)F. The average Bonchev–Trinajstić information content (AvgIpc) is 2.47. The lowest BCUT2D eigenvalue weighted by Gasteiger charge is -2.28. The number of nitrogens with one attached hydrogen (secondary N) is 1. The van der Waals surface area contributed by atoms with Gasteiger partial charge in [-0.05, 0) is 41.2 Å². The topological polar surface area (TPSA) is 58.1 Å². The van der Waals surface area contributed by atoms with E-state index in [1.165, 1.54) is 0 Å². The second-order valence-corrected chi connectivity index (χ2v) is 6.37. The van der Waals surface area contributed by atoms with Gasteiger partial charge >= 0.3 is 6.18 Å². The maximum Gasteiger partial charge on any atom is 0.408 e. The van der Waals surface area contributed by atoms with Crippen molar-refractivity contribution in [3.8, 4) is 0 Å². The van der Waals surface area contributed by atoms with Crippen molar-refractivity contribution in [2.75, 3.05) is 6.54 Å². The van der Waals surface area contributed by atoms with E-state index >= 15 is 0 Å². The number of hydrogen-bond acceptors (Lipinski definition) is 4. The molecule has 9 heteroatoms. The maximum atomic E-state index is 12.1. The number of carbonyl (C=O) groups excluding carboxylic acids is 1. The van der Waals surface area contributed by atoms with E-state index in [2.05, 4.69) is 49.5 Å². The summed E-state index contributed by atoms with van der Waals surface area (Å²) >= 11 is 5.41. The Bertz CT molecular complexity index is 513. The molecular formula is C16H26ClF3N4O. The molecule has 1 atom stereocenters. The van der Waals surface area contributed by atoms with Gasteiger partial charge in [0.25, 0.3) is 5.91 Å². The number of rotatable bonds is 5. The number of aromatic nitrogens is 2. The fourth-order valence-corrected chi connectivity index (χ4v) is 2.21. The molecule has 0 saturated heterocycles. The Morgan fingerprint density at radius 2 is 1.68 bits per heavy atom. The molecule has 0 radical (unpaired) electrons. The van der Waals surface area contributed by atoms with Crippen LogP contribution in [0.4, 0.5) is 13.2 Å². The van der Waals surface area contributed by atoms with E-state index in [0.717, 1.165) is 25.9 Å². The summed E-state index contributed by atoms with van der Waals surface area (Å²) in [6.07, 6.45) is -2.41. The first-order valence-corrected chi connectivity index (χ1v) is 8.38. The molecule has 0 saturated carbocycles. The summed E-state index contributed by atoms with van der Waals surface area (Å²) in [5.41, 5.74) is -0.222. The Labute approximate surface area is 152 Å². The third-order valence-electron chi connectivity index (χ3n) is 3.38. The molecule has 0 fully saturated rings. The van der Waals surface area contributed by atoms with Crippen LogP contribution in [-0.4, -0.2) is 51.6 Å². The quantitative estimate of drug-likeness (QED) is 0.838. The molecule has 1 aromatic heterocycles. The zero-order valence-electron chi connectivity index (χ0n) is 15.4. The Morgan fingerprint density at radius 3 is 1.96 bits per heavy atom. The van der Waals surface area contributed by atoms with Crippen molar-refractivity contribution < 1.29 is 18.0 Å². The van der Waals surface area contributed by atoms with Crippen LogP contribution in [0.2, 0.25) is 5.15 Å². The molecule has 0 aliphatic rings. The second kappa shape index (κ2) is 10.6. The Hall–Kier alpha value is -1.41. The van der Waals surface area contributed by atoms with Crippen molar-refractivity contribution in [2.24, 2.45) is 0 Å². The third kappa shape index (κ3) is 9.02. The minimum absolute atomic E-state index is 0.0559. The lowest BCUT2D eigenvalue weighted by molar-refractivity contribution is -0.149. The monoisotopic (exact) mass is 382 g/mol. The zero-order valence-corrected chi connectivity index (χ0v) is 16.1. The van der Waals surface area contributed by atoms with Crippen LogP contribution >= 0.6 is 11.6 Å². The van der Waals surface area contributed by atoms with Crippen LogP contribution in [0.15, 0.2) is 12.4 Å². The molecule has 0 bridgehead atoms. The van der Waals surface area contributed by atoms with E-state index < -0.39 is 18.1 Å². The summed E-state index contributed by atoms with van der Waals surface area (Å²) in [6.45, 7) is 13.2. The predicted octanol–water partition coefficient (Wildman–Crippen LogP) is 3.94. The fraction of sp³-hybridized carbons (Fsp3) is 0.688. The van der Waals surface area contributed by atoms with E-state index in [1.807, 2.05) is 0 Å². The number of carbonyl (C=O) groups is 1. The minimum Gasteiger partial charge on any atom is -0.339 e. The van der Waals surface area contributed by atoms with Gasteiger partial charge in [0.15, 0.2) is 0 Å². The standard InChI is InChI=1S/C8H7ClF3N3O.C8H19N/c1-4(8(10,11)12)15-7(16)5-2-14-6(9)3-13-5;1-6-9(7(2)3)8(4)5/h2-4H,1H3,(H,15,16);7-8H,6H2,1-5H3/t4-;/m0./s1. The molecule has 1 N–H and O–H groups in total. The van der Waals surface area contributed by atoms with E-state index in [1.54, 1.807) is 5.32 Å². The smallest absolute Gasteiger partial charge is 0.339 e. The lowest BCUT2D eigenvalue weighted by atomic mass is 10.2. The zero-order chi connectivity index (χ0) is 19.8. The average molecular weight is 383 g/mol. The molecule has 1 amide bonds. The van der Waals surface area contributed by atoms with Crippen molar-refractivity contribution in [1.82, 2.24) is 20.2 Å². The molecule has 1 rings (SSSR count). The van der Waals surface area contributed by atoms with Crippen LogP contribution in [0.1, 0.15) is 52.0 Å². The van der Waals surface area contributed by atoms with Crippen molar-refractivity contribution in [2.45, 2.75) is 65.8 Å². The van der Waals surface area contributed by atoms with Crippen molar-refractivity contribution >= 4 is 17.5 Å². The van der Waals surface area contributed by atoms with Crippen molar-refractivity contribution in [1.29, 1.82) is 0 Å². The van der Waals surface area contributed by atoms with Gasteiger partial charge in [-0.1, -0.05) is 18.5 Å². The highest BCUT2D eigenvalue weighted by atomic mass is 35.5. The highest BCUT2D eigenvalue weighted by molar-refractivity contribution is 6.29. The first kappa shape index (κ1) is 23.6. The van der Waals surface area contributed by atoms with Crippen LogP contribution in [-0.2, 0) is 0 Å². The normalized spacial score (nSPS) is 12.8. The van der Waals surface area contributed by atoms with Crippen molar-refractivity contribution in [3.05, 3.63) is 23.2 Å². The van der Waals surface area contributed by atoms with Gasteiger partial charge in [0.1, 0.15) is 16.9 Å². The number of amides is 1. The van der Waals surface area contributed by atoms with Gasteiger partial charge in [0.05, 0.1) is 12.4 Å². The van der Waals surface area contributed by atoms with Crippen LogP contribution in [0.25, 0.3) is 0 Å². The Kier molecular flexibility index (Phi) is 9.96. The molecule has 0 aliphatic heterocycles. The molecule has 0 unspecified atom stereocenters. The van der Waals surface area contributed by atoms with Gasteiger partial charge in [0.2, 0.25) is 0 Å². The van der Waals surface area contributed by atoms with Gasteiger partial charge in [-0.2, -0.15) is 13.2 Å². The summed E-state index contributed by atoms with van der Waals surface area (Å²) in [6, 6.07) is -0.567. The molecule has 0 aliphatic carbocycles. The molecule has 144 valence electrons. The minimum atomic E-state index is -4.49. The molecule has 0 spiro atoms. The number of halogens is 4. The molecule has 25 heavy (non-hydrogen) atoms. The summed E-state index contributed by atoms with van der Waals surface area (Å²) in [5, 5.41) is 1.80. The molecule has 0 aromatic carbocycles. The Morgan fingerprint density at radius 1 is 1.16 bits per heavy atom. The summed E-state index contributed by atoms with van der Waals surface area (Å²) in [5.74, 6) is -0.950. The first-order chi connectivity index (χ1) is 11.4. The van der Waals surface area contributed by atoms with Crippen molar-refractivity contribution in [3.63, 3.8) is 0 Å². The van der Waals surface area contributed by atoms with Crippen LogP contribution in [0.5, 0.6) is 0 Å². The molecule has 1 aromatic rings. The van der Waals surface area contributed by atoms with Crippen LogP contribution in [0, 0.1) is 0 Å². The van der Waals surface area contributed by atoms with Gasteiger partial charge in [-0.3, -0.25) is 9.69 Å². The number of alkyl halides is 3. The van der Waals surface area contributed by atoms with Crippen LogP contribution < -0.4 is 5.32 Å². The highest BCUT2D eigenvalue weighted by Gasteiger charge is 2.37. The van der Waals surface area contributed by atoms with Gasteiger partial charge in [-0.25, -0.2) is 9.97 Å². The number of hydrogen-bond donors (Lipinski definition) is 1. The van der Waals surface area contributed by atoms with Gasteiger partial charge in [0, 0.05) is 12.1 Å². The summed E-state index contributed by atoms with van der Waals surface area (Å²) in [7, 11) is 0. The highest BCUT2D eigenvalue weighted by Crippen LogP contribution is 2.19. The predicted molar refractivity (Wildman–Crippen MR) is 92.7 cm³/mol. The van der Waals surface area contributed by atoms with Gasteiger partial charge < -0.3 is 5.32 Å². The second-order valence-electron chi connectivity index (χ2n) is 5.98. The largest absolute Gasteiger partial charge is 0.408 e. The van der Waals surface area contributed by atoms with E-state index in [-0.39, 0.29) is 10.8 Å². The van der Waals surface area contributed by atoms with E-state index in [4.69, 9.17) is 11.6 Å². The summed E-state index contributed by atoms with van der Waals surface area (Å²) in [4.78, 5) is 20.8. The van der Waals surface area contributed by atoms with Crippen LogP contribution in [0.3, 0.4) is 0 Å².